The van der Waals surface area contributed by atoms with Gasteiger partial charge < -0.3 is 5.11 Å². The molecular weight excluding hydrogens is 295 g/mol. The van der Waals surface area contributed by atoms with Gasteiger partial charge in [-0.05, 0) is 48.9 Å². The maximum atomic E-state index is 9.49. The molecule has 1 N–H and O–H groups in total. The van der Waals surface area contributed by atoms with Gasteiger partial charge in [-0.1, -0.05) is 23.2 Å². The van der Waals surface area contributed by atoms with Crippen LogP contribution in [0.3, 0.4) is 0 Å². The largest absolute Gasteiger partial charge is 0.508 e. The summed E-state index contributed by atoms with van der Waals surface area (Å²) in [5.41, 5.74) is 2.55. The molecule has 3 rings (SSSR count). The lowest BCUT2D eigenvalue weighted by atomic mass is 10.1. The summed E-state index contributed by atoms with van der Waals surface area (Å²) in [5, 5.41) is 11.1. The molecule has 0 aliphatic rings. The first-order valence-electron chi connectivity index (χ1n) is 5.97. The molecule has 100 valence electrons. The first-order chi connectivity index (χ1) is 9.54. The first kappa shape index (κ1) is 13.2. The highest BCUT2D eigenvalue weighted by atomic mass is 35.5. The molecule has 5 heteroatoms. The van der Waals surface area contributed by atoms with Crippen molar-refractivity contribution in [3.63, 3.8) is 0 Å². The van der Waals surface area contributed by atoms with Crippen LogP contribution in [0.4, 0.5) is 0 Å². The van der Waals surface area contributed by atoms with E-state index >= 15 is 0 Å². The second-order valence-electron chi connectivity index (χ2n) is 4.50. The van der Waals surface area contributed by atoms with Gasteiger partial charge in [0.05, 0.1) is 5.52 Å². The molecule has 1 heterocycles. The van der Waals surface area contributed by atoms with Gasteiger partial charge in [0.1, 0.15) is 10.9 Å². The second-order valence-corrected chi connectivity index (χ2v) is 5.29. The zero-order valence-electron chi connectivity index (χ0n) is 10.6. The Hall–Kier alpha value is -1.84. The molecule has 0 bridgehead atoms. The Morgan fingerprint density at radius 3 is 2.55 bits per heavy atom. The summed E-state index contributed by atoms with van der Waals surface area (Å²) in [6.07, 6.45) is 0. The van der Waals surface area contributed by atoms with Crippen LogP contribution in [0, 0.1) is 6.92 Å². The van der Waals surface area contributed by atoms with E-state index in [1.807, 2.05) is 19.1 Å². The number of phenols is 1. The van der Waals surface area contributed by atoms with Crippen LogP contribution in [0.25, 0.3) is 22.3 Å². The Morgan fingerprint density at radius 2 is 1.80 bits per heavy atom. The summed E-state index contributed by atoms with van der Waals surface area (Å²) >= 11 is 12.1. The van der Waals surface area contributed by atoms with Gasteiger partial charge in [-0.25, -0.2) is 9.97 Å². The highest BCUT2D eigenvalue weighted by Crippen LogP contribution is 2.29. The van der Waals surface area contributed by atoms with Crippen LogP contribution in [0.1, 0.15) is 5.56 Å². The number of rotatable bonds is 1. The lowest BCUT2D eigenvalue weighted by Gasteiger charge is -2.07. The van der Waals surface area contributed by atoms with Crippen molar-refractivity contribution in [2.75, 3.05) is 0 Å². The Bertz CT molecular complexity index is 818. The van der Waals surface area contributed by atoms with Crippen LogP contribution < -0.4 is 0 Å². The average Bonchev–Trinajstić information content (AvgIpc) is 2.39. The smallest absolute Gasteiger partial charge is 0.161 e. The lowest BCUT2D eigenvalue weighted by Crippen LogP contribution is -1.93. The molecule has 1 aromatic heterocycles. The van der Waals surface area contributed by atoms with Gasteiger partial charge >= 0.3 is 0 Å². The zero-order valence-corrected chi connectivity index (χ0v) is 12.1. The molecule has 0 aliphatic heterocycles. The van der Waals surface area contributed by atoms with Crippen LogP contribution in [-0.4, -0.2) is 15.1 Å². The molecule has 0 radical (unpaired) electrons. The number of aromatic hydroxyl groups is 1. The van der Waals surface area contributed by atoms with E-state index in [0.717, 1.165) is 11.1 Å². The van der Waals surface area contributed by atoms with Crippen molar-refractivity contribution in [1.29, 1.82) is 0 Å². The minimum absolute atomic E-state index is 0.137. The van der Waals surface area contributed by atoms with Crippen LogP contribution >= 0.6 is 23.2 Å². The van der Waals surface area contributed by atoms with Gasteiger partial charge in [0.15, 0.2) is 5.82 Å². The molecule has 3 nitrogen and oxygen atoms in total. The van der Waals surface area contributed by atoms with Gasteiger partial charge in [-0.15, -0.1) is 0 Å². The Balaban J connectivity index is 2.24. The Kier molecular flexibility index (Phi) is 3.24. The first-order valence-corrected chi connectivity index (χ1v) is 6.73. The van der Waals surface area contributed by atoms with Crippen molar-refractivity contribution < 1.29 is 5.11 Å². The number of phenolic OH excluding ortho intramolecular Hbond substituents is 1. The Morgan fingerprint density at radius 1 is 1.00 bits per heavy atom. The summed E-state index contributed by atoms with van der Waals surface area (Å²) in [6.45, 7) is 1.94. The van der Waals surface area contributed by atoms with E-state index < -0.39 is 0 Å². The van der Waals surface area contributed by atoms with Crippen molar-refractivity contribution in [3.8, 4) is 17.1 Å². The molecule has 0 spiro atoms. The third-order valence-electron chi connectivity index (χ3n) is 3.06. The molecule has 0 atom stereocenters. The minimum atomic E-state index is 0.137. The fourth-order valence-electron chi connectivity index (χ4n) is 2.08. The molecule has 0 aliphatic carbocycles. The molecule has 0 fully saturated rings. The number of aryl methyl sites for hydroxylation is 1. The summed E-state index contributed by atoms with van der Waals surface area (Å²) < 4.78 is 0. The molecule has 0 unspecified atom stereocenters. The SMILES string of the molecule is Cc1cc(Cl)ccc1-c1nc(Cl)c2cc(O)ccc2n1. The third kappa shape index (κ3) is 2.30. The summed E-state index contributed by atoms with van der Waals surface area (Å²) in [5.74, 6) is 0.681. The third-order valence-corrected chi connectivity index (χ3v) is 3.59. The summed E-state index contributed by atoms with van der Waals surface area (Å²) in [7, 11) is 0. The van der Waals surface area contributed by atoms with Crippen molar-refractivity contribution >= 4 is 34.1 Å². The Labute approximate surface area is 125 Å². The van der Waals surface area contributed by atoms with Crippen molar-refractivity contribution in [2.45, 2.75) is 6.92 Å². The van der Waals surface area contributed by atoms with Crippen LogP contribution in [0.5, 0.6) is 5.75 Å². The predicted octanol–water partition coefficient (Wildman–Crippen LogP) is 4.62. The van der Waals surface area contributed by atoms with Crippen LogP contribution in [0.2, 0.25) is 10.2 Å². The number of fused-ring (bicyclic) bond motifs is 1. The monoisotopic (exact) mass is 304 g/mol. The maximum Gasteiger partial charge on any atom is 0.161 e. The zero-order chi connectivity index (χ0) is 14.3. The van der Waals surface area contributed by atoms with E-state index in [2.05, 4.69) is 9.97 Å². The molecule has 0 amide bonds. The minimum Gasteiger partial charge on any atom is -0.508 e. The van der Waals surface area contributed by atoms with Gasteiger partial charge in [-0.2, -0.15) is 0 Å². The molecule has 0 saturated carbocycles. The van der Waals surface area contributed by atoms with Crippen molar-refractivity contribution in [1.82, 2.24) is 9.97 Å². The fraction of sp³-hybridized carbons (Fsp3) is 0.0667. The van der Waals surface area contributed by atoms with E-state index in [9.17, 15) is 5.11 Å². The van der Waals surface area contributed by atoms with Gasteiger partial charge in [0.2, 0.25) is 0 Å². The molecular formula is C15H10Cl2N2O. The van der Waals surface area contributed by atoms with Crippen LogP contribution in [0.15, 0.2) is 36.4 Å². The normalized spacial score (nSPS) is 10.9. The summed E-state index contributed by atoms with van der Waals surface area (Å²) in [6, 6.07) is 10.4. The predicted molar refractivity (Wildman–Crippen MR) is 81.4 cm³/mol. The second kappa shape index (κ2) is 4.93. The molecule has 3 aromatic rings. The van der Waals surface area contributed by atoms with E-state index in [1.54, 1.807) is 24.3 Å². The molecule has 2 aromatic carbocycles. The number of hydrogen-bond donors (Lipinski definition) is 1. The lowest BCUT2D eigenvalue weighted by molar-refractivity contribution is 0.476. The number of hydrogen-bond acceptors (Lipinski definition) is 3. The summed E-state index contributed by atoms with van der Waals surface area (Å²) in [4.78, 5) is 8.79. The van der Waals surface area contributed by atoms with Crippen molar-refractivity contribution in [2.24, 2.45) is 0 Å². The number of nitrogens with zero attached hydrogens (tertiary/aromatic N) is 2. The average molecular weight is 305 g/mol. The van der Waals surface area contributed by atoms with Gasteiger partial charge in [0, 0.05) is 16.0 Å². The number of aromatic nitrogens is 2. The topological polar surface area (TPSA) is 46.0 Å². The highest BCUT2D eigenvalue weighted by molar-refractivity contribution is 6.34. The quantitative estimate of drug-likeness (QED) is 0.667. The van der Waals surface area contributed by atoms with E-state index in [4.69, 9.17) is 23.2 Å². The van der Waals surface area contributed by atoms with Gasteiger partial charge in [0.25, 0.3) is 0 Å². The van der Waals surface area contributed by atoms with E-state index in [-0.39, 0.29) is 5.75 Å². The fourth-order valence-corrected chi connectivity index (χ4v) is 2.54. The maximum absolute atomic E-state index is 9.49. The highest BCUT2D eigenvalue weighted by Gasteiger charge is 2.10. The van der Waals surface area contributed by atoms with E-state index in [1.165, 1.54) is 0 Å². The molecule has 20 heavy (non-hydrogen) atoms. The van der Waals surface area contributed by atoms with Gasteiger partial charge in [-0.3, -0.25) is 0 Å². The number of benzene rings is 2. The van der Waals surface area contributed by atoms with Crippen molar-refractivity contribution in [3.05, 3.63) is 52.1 Å². The molecule has 0 saturated heterocycles. The van der Waals surface area contributed by atoms with Crippen LogP contribution in [-0.2, 0) is 0 Å². The standard InChI is InChI=1S/C15H10Cl2N2O/c1-8-6-9(16)2-4-11(8)15-18-13-5-3-10(20)7-12(13)14(17)19-15/h2-7,20H,1H3. The number of halogens is 2. The van der Waals surface area contributed by atoms with E-state index in [0.29, 0.717) is 26.9 Å².